The van der Waals surface area contributed by atoms with Gasteiger partial charge in [-0.3, -0.25) is 4.79 Å². The second-order valence-electron chi connectivity index (χ2n) is 10.2. The van der Waals surface area contributed by atoms with E-state index in [4.69, 9.17) is 9.47 Å². The first-order valence-corrected chi connectivity index (χ1v) is 13.7. The van der Waals surface area contributed by atoms with Gasteiger partial charge in [0.15, 0.2) is 11.5 Å². The maximum atomic E-state index is 13.8. The summed E-state index contributed by atoms with van der Waals surface area (Å²) < 4.78 is 40.3. The van der Waals surface area contributed by atoms with Gasteiger partial charge in [0.05, 0.1) is 10.4 Å². The Morgan fingerprint density at radius 2 is 1.51 bits per heavy atom. The van der Waals surface area contributed by atoms with Crippen molar-refractivity contribution in [2.75, 3.05) is 13.2 Å². The Labute approximate surface area is 216 Å². The normalized spacial score (nSPS) is 13.7. The van der Waals surface area contributed by atoms with Crippen LogP contribution in [0.4, 0.5) is 0 Å². The number of rotatable bonds is 6. The van der Waals surface area contributed by atoms with Crippen molar-refractivity contribution in [3.8, 4) is 11.5 Å². The summed E-state index contributed by atoms with van der Waals surface area (Å²) in [6.45, 7) is 7.19. The van der Waals surface area contributed by atoms with Gasteiger partial charge in [-0.05, 0) is 40.8 Å². The number of aromatic amines is 1. The maximum absolute atomic E-state index is 13.8. The van der Waals surface area contributed by atoms with Crippen LogP contribution in [0.3, 0.4) is 0 Å². The predicted molar refractivity (Wildman–Crippen MR) is 144 cm³/mol. The fraction of sp³-hybridized carbons (Fsp3) is 0.276. The molecule has 3 aromatic carbocycles. The third-order valence-electron chi connectivity index (χ3n) is 6.49. The molecular weight excluding hydrogens is 488 g/mol. The van der Waals surface area contributed by atoms with E-state index in [0.29, 0.717) is 35.8 Å². The average Bonchev–Trinajstić information content (AvgIpc) is 2.88. The van der Waals surface area contributed by atoms with Gasteiger partial charge in [-0.25, -0.2) is 8.42 Å². The first-order valence-electron chi connectivity index (χ1n) is 12.2. The van der Waals surface area contributed by atoms with Crippen LogP contribution in [0.2, 0.25) is 0 Å². The van der Waals surface area contributed by atoms with Crippen molar-refractivity contribution in [2.24, 2.45) is 0 Å². The van der Waals surface area contributed by atoms with Gasteiger partial charge in [-0.2, -0.15) is 4.31 Å². The van der Waals surface area contributed by atoms with Crippen molar-refractivity contribution in [3.05, 3.63) is 99.8 Å². The standard InChI is InChI=1S/C29H30N2O5S/c1-29(2,3)23-9-11-24(12-10-23)37(33,34)31(18-20-7-5-4-6-8-20)19-22-15-21-16-26-27(36-14-13-35-26)17-25(21)30-28(22)32/h4-12,15-17H,13-14,18-19H2,1-3H3,(H,30,32). The van der Waals surface area contributed by atoms with E-state index in [0.717, 1.165) is 16.5 Å². The average molecular weight is 519 g/mol. The molecule has 1 N–H and O–H groups in total. The molecule has 0 atom stereocenters. The maximum Gasteiger partial charge on any atom is 0.252 e. The Hall–Kier alpha value is -3.62. The second kappa shape index (κ2) is 9.68. The van der Waals surface area contributed by atoms with Crippen LogP contribution < -0.4 is 15.0 Å². The molecule has 7 nitrogen and oxygen atoms in total. The molecule has 0 amide bonds. The van der Waals surface area contributed by atoms with Crippen LogP contribution in [0.1, 0.15) is 37.5 Å². The molecule has 0 bridgehead atoms. The minimum Gasteiger partial charge on any atom is -0.486 e. The monoisotopic (exact) mass is 518 g/mol. The lowest BCUT2D eigenvalue weighted by molar-refractivity contribution is 0.172. The lowest BCUT2D eigenvalue weighted by Gasteiger charge is -2.24. The zero-order valence-electron chi connectivity index (χ0n) is 21.2. The zero-order valence-corrected chi connectivity index (χ0v) is 22.0. The number of fused-ring (bicyclic) bond motifs is 2. The van der Waals surface area contributed by atoms with Crippen LogP contribution in [0.25, 0.3) is 10.9 Å². The molecule has 8 heteroatoms. The lowest BCUT2D eigenvalue weighted by Crippen LogP contribution is -2.32. The van der Waals surface area contributed by atoms with Gasteiger partial charge in [0.25, 0.3) is 5.56 Å². The molecule has 1 aliphatic rings. The summed E-state index contributed by atoms with van der Waals surface area (Å²) in [6, 6.07) is 21.6. The van der Waals surface area contributed by atoms with E-state index in [1.807, 2.05) is 48.5 Å². The number of benzene rings is 3. The molecule has 37 heavy (non-hydrogen) atoms. The number of aromatic nitrogens is 1. The van der Waals surface area contributed by atoms with Crippen molar-refractivity contribution in [3.63, 3.8) is 0 Å². The van der Waals surface area contributed by atoms with E-state index in [1.54, 1.807) is 24.3 Å². The highest BCUT2D eigenvalue weighted by atomic mass is 32.2. The summed E-state index contributed by atoms with van der Waals surface area (Å²) in [6.07, 6.45) is 0. The number of H-pyrrole nitrogens is 1. The number of sulfonamides is 1. The first-order chi connectivity index (χ1) is 17.6. The van der Waals surface area contributed by atoms with Gasteiger partial charge in [-0.1, -0.05) is 63.2 Å². The molecule has 4 aromatic rings. The molecule has 1 aromatic heterocycles. The first kappa shape index (κ1) is 25.0. The van der Waals surface area contributed by atoms with Crippen molar-refractivity contribution in [1.82, 2.24) is 9.29 Å². The highest BCUT2D eigenvalue weighted by molar-refractivity contribution is 7.89. The minimum absolute atomic E-state index is 0.0854. The van der Waals surface area contributed by atoms with Crippen LogP contribution >= 0.6 is 0 Å². The molecular formula is C29H30N2O5S. The highest BCUT2D eigenvalue weighted by Gasteiger charge is 2.27. The fourth-order valence-electron chi connectivity index (χ4n) is 4.38. The smallest absolute Gasteiger partial charge is 0.252 e. The second-order valence-corrected chi connectivity index (χ2v) is 12.2. The third-order valence-corrected chi connectivity index (χ3v) is 8.30. The predicted octanol–water partition coefficient (Wildman–Crippen LogP) is 4.99. The minimum atomic E-state index is -3.91. The van der Waals surface area contributed by atoms with Crippen molar-refractivity contribution in [2.45, 2.75) is 44.2 Å². The topological polar surface area (TPSA) is 88.7 Å². The van der Waals surface area contributed by atoms with E-state index in [-0.39, 0.29) is 29.0 Å². The highest BCUT2D eigenvalue weighted by Crippen LogP contribution is 2.34. The van der Waals surface area contributed by atoms with E-state index >= 15 is 0 Å². The number of hydrogen-bond donors (Lipinski definition) is 1. The van der Waals surface area contributed by atoms with Crippen LogP contribution in [0.15, 0.2) is 82.5 Å². The lowest BCUT2D eigenvalue weighted by atomic mass is 9.87. The summed E-state index contributed by atoms with van der Waals surface area (Å²) >= 11 is 0. The van der Waals surface area contributed by atoms with Crippen LogP contribution in [0.5, 0.6) is 11.5 Å². The summed E-state index contributed by atoms with van der Waals surface area (Å²) in [5.41, 5.74) is 2.37. The molecule has 0 spiro atoms. The van der Waals surface area contributed by atoms with Gasteiger partial charge >= 0.3 is 0 Å². The van der Waals surface area contributed by atoms with E-state index in [1.165, 1.54) is 4.31 Å². The zero-order chi connectivity index (χ0) is 26.2. The number of nitrogens with zero attached hydrogens (tertiary/aromatic N) is 1. The van der Waals surface area contributed by atoms with Crippen LogP contribution in [-0.4, -0.2) is 30.9 Å². The van der Waals surface area contributed by atoms with E-state index < -0.39 is 10.0 Å². The third kappa shape index (κ3) is 5.26. The molecule has 0 saturated carbocycles. The molecule has 0 fully saturated rings. The number of nitrogens with one attached hydrogen (secondary N) is 1. The molecule has 2 heterocycles. The Morgan fingerprint density at radius 3 is 2.16 bits per heavy atom. The Morgan fingerprint density at radius 1 is 0.865 bits per heavy atom. The summed E-state index contributed by atoms with van der Waals surface area (Å²) in [4.78, 5) is 16.1. The van der Waals surface area contributed by atoms with Gasteiger partial charge < -0.3 is 14.5 Å². The number of pyridine rings is 1. The van der Waals surface area contributed by atoms with Gasteiger partial charge in [0.2, 0.25) is 10.0 Å². The fourth-order valence-corrected chi connectivity index (χ4v) is 5.79. The van der Waals surface area contributed by atoms with Crippen LogP contribution in [-0.2, 0) is 28.5 Å². The largest absolute Gasteiger partial charge is 0.486 e. The molecule has 0 radical (unpaired) electrons. The molecule has 1 aliphatic heterocycles. The van der Waals surface area contributed by atoms with Crippen molar-refractivity contribution in [1.29, 1.82) is 0 Å². The Bertz CT molecular complexity index is 1590. The molecule has 0 saturated heterocycles. The summed E-state index contributed by atoms with van der Waals surface area (Å²) in [5.74, 6) is 1.18. The molecule has 0 unspecified atom stereocenters. The quantitative estimate of drug-likeness (QED) is 0.389. The molecule has 192 valence electrons. The van der Waals surface area contributed by atoms with Gasteiger partial charge in [0, 0.05) is 30.1 Å². The SMILES string of the molecule is CC(C)(C)c1ccc(S(=O)(=O)N(Cc2ccccc2)Cc2cc3cc4c(cc3[nH]c2=O)OCCO4)cc1. The van der Waals surface area contributed by atoms with Crippen LogP contribution in [0, 0.1) is 0 Å². The number of hydrogen-bond acceptors (Lipinski definition) is 5. The summed E-state index contributed by atoms with van der Waals surface area (Å²) in [7, 11) is -3.91. The molecule has 5 rings (SSSR count). The van der Waals surface area contributed by atoms with Crippen molar-refractivity contribution < 1.29 is 17.9 Å². The molecule has 0 aliphatic carbocycles. The van der Waals surface area contributed by atoms with E-state index in [9.17, 15) is 13.2 Å². The summed E-state index contributed by atoms with van der Waals surface area (Å²) in [5, 5.41) is 0.741. The van der Waals surface area contributed by atoms with Gasteiger partial charge in [0.1, 0.15) is 13.2 Å². The van der Waals surface area contributed by atoms with Gasteiger partial charge in [-0.15, -0.1) is 0 Å². The Kier molecular flexibility index (Phi) is 6.56. The van der Waals surface area contributed by atoms with Crippen molar-refractivity contribution >= 4 is 20.9 Å². The van der Waals surface area contributed by atoms with E-state index in [2.05, 4.69) is 25.8 Å². The number of ether oxygens (including phenoxy) is 2. The Balaban J connectivity index is 1.54.